The van der Waals surface area contributed by atoms with Crippen LogP contribution in [0.25, 0.3) is 0 Å². The summed E-state index contributed by atoms with van der Waals surface area (Å²) in [5, 5.41) is 12.9. The Balaban J connectivity index is 2.32. The molecule has 2 N–H and O–H groups in total. The van der Waals surface area contributed by atoms with E-state index in [0.717, 1.165) is 4.47 Å². The van der Waals surface area contributed by atoms with Crippen LogP contribution in [-0.4, -0.2) is 11.1 Å². The first-order valence-corrected chi connectivity index (χ1v) is 6.74. The predicted molar refractivity (Wildman–Crippen MR) is 79.6 cm³/mol. The van der Waals surface area contributed by atoms with Gasteiger partial charge in [-0.3, -0.25) is 0 Å². The third kappa shape index (κ3) is 3.49. The van der Waals surface area contributed by atoms with Crippen LogP contribution in [0.1, 0.15) is 11.6 Å². The molecule has 0 radical (unpaired) electrons. The molecule has 0 amide bonds. The molecule has 0 heterocycles. The normalized spacial score (nSPS) is 11.9. The molecule has 2 aromatic rings. The lowest BCUT2D eigenvalue weighted by Gasteiger charge is -2.17. The number of carboxylic acid groups (broad SMARTS) is 1. The van der Waals surface area contributed by atoms with E-state index >= 15 is 0 Å². The number of halogens is 2. The molecule has 0 fully saturated rings. The zero-order chi connectivity index (χ0) is 13.8. The predicted octanol–water partition coefficient (Wildman–Crippen LogP) is 4.34. The summed E-state index contributed by atoms with van der Waals surface area (Å²) in [6.07, 6.45) is 0. The van der Waals surface area contributed by atoms with E-state index in [2.05, 4.69) is 21.2 Å². The SMILES string of the molecule is O=C(O)C(Nc1cc(Cl)ccc1Br)c1ccccc1. The van der Waals surface area contributed by atoms with Crippen LogP contribution in [0.2, 0.25) is 5.02 Å². The maximum Gasteiger partial charge on any atom is 0.330 e. The summed E-state index contributed by atoms with van der Waals surface area (Å²) in [6, 6.07) is 13.4. The summed E-state index contributed by atoms with van der Waals surface area (Å²) in [7, 11) is 0. The molecular formula is C14H11BrClNO2. The van der Waals surface area contributed by atoms with E-state index in [-0.39, 0.29) is 0 Å². The second-order valence-electron chi connectivity index (χ2n) is 3.95. The van der Waals surface area contributed by atoms with Crippen molar-refractivity contribution in [1.82, 2.24) is 0 Å². The fraction of sp³-hybridized carbons (Fsp3) is 0.0714. The van der Waals surface area contributed by atoms with Crippen molar-refractivity contribution in [2.75, 3.05) is 5.32 Å². The molecule has 2 rings (SSSR count). The molecule has 0 saturated carbocycles. The van der Waals surface area contributed by atoms with Crippen molar-refractivity contribution in [3.63, 3.8) is 0 Å². The Kier molecular flexibility index (Phi) is 4.45. The van der Waals surface area contributed by atoms with Gasteiger partial charge in [-0.2, -0.15) is 0 Å². The maximum absolute atomic E-state index is 11.4. The fourth-order valence-electron chi connectivity index (χ4n) is 1.70. The monoisotopic (exact) mass is 339 g/mol. The highest BCUT2D eigenvalue weighted by molar-refractivity contribution is 9.10. The highest BCUT2D eigenvalue weighted by atomic mass is 79.9. The molecule has 0 bridgehead atoms. The molecule has 0 saturated heterocycles. The second kappa shape index (κ2) is 6.08. The Morgan fingerprint density at radius 1 is 1.21 bits per heavy atom. The minimum Gasteiger partial charge on any atom is -0.479 e. The van der Waals surface area contributed by atoms with E-state index in [1.807, 2.05) is 6.07 Å². The van der Waals surface area contributed by atoms with Crippen LogP contribution in [-0.2, 0) is 4.79 Å². The van der Waals surface area contributed by atoms with Crippen molar-refractivity contribution in [3.05, 3.63) is 63.6 Å². The molecule has 2 aromatic carbocycles. The van der Waals surface area contributed by atoms with Gasteiger partial charge in [0.2, 0.25) is 0 Å². The molecule has 1 atom stereocenters. The first-order chi connectivity index (χ1) is 9.08. The fourth-order valence-corrected chi connectivity index (χ4v) is 2.23. The lowest BCUT2D eigenvalue weighted by atomic mass is 10.1. The number of anilines is 1. The van der Waals surface area contributed by atoms with Gasteiger partial charge < -0.3 is 10.4 Å². The minimum absolute atomic E-state index is 0.544. The van der Waals surface area contributed by atoms with E-state index in [0.29, 0.717) is 16.3 Å². The second-order valence-corrected chi connectivity index (χ2v) is 5.24. The number of benzene rings is 2. The largest absolute Gasteiger partial charge is 0.479 e. The summed E-state index contributed by atoms with van der Waals surface area (Å²) >= 11 is 9.28. The van der Waals surface area contributed by atoms with E-state index in [4.69, 9.17) is 11.6 Å². The van der Waals surface area contributed by atoms with Gasteiger partial charge in [-0.05, 0) is 39.7 Å². The lowest BCUT2D eigenvalue weighted by molar-refractivity contribution is -0.138. The molecule has 0 aromatic heterocycles. The summed E-state index contributed by atoms with van der Waals surface area (Å²) in [5.74, 6) is -0.946. The van der Waals surface area contributed by atoms with Gasteiger partial charge in [0.15, 0.2) is 6.04 Å². The number of carboxylic acids is 1. The summed E-state index contributed by atoms with van der Waals surface area (Å²) in [5.41, 5.74) is 1.32. The van der Waals surface area contributed by atoms with E-state index in [1.165, 1.54) is 0 Å². The zero-order valence-corrected chi connectivity index (χ0v) is 12.1. The third-order valence-corrected chi connectivity index (χ3v) is 3.53. The van der Waals surface area contributed by atoms with Crippen LogP contribution in [0.5, 0.6) is 0 Å². The topological polar surface area (TPSA) is 49.3 Å². The van der Waals surface area contributed by atoms with Crippen LogP contribution in [0.15, 0.2) is 53.0 Å². The zero-order valence-electron chi connectivity index (χ0n) is 9.81. The van der Waals surface area contributed by atoms with Crippen LogP contribution < -0.4 is 5.32 Å². The van der Waals surface area contributed by atoms with Crippen LogP contribution >= 0.6 is 27.5 Å². The Hall–Kier alpha value is -1.52. The van der Waals surface area contributed by atoms with Gasteiger partial charge in [0.25, 0.3) is 0 Å². The van der Waals surface area contributed by atoms with E-state index in [1.54, 1.807) is 42.5 Å². The van der Waals surface area contributed by atoms with Gasteiger partial charge in [-0.15, -0.1) is 0 Å². The van der Waals surface area contributed by atoms with Crippen molar-refractivity contribution in [1.29, 1.82) is 0 Å². The first kappa shape index (κ1) is 13.9. The molecule has 0 aliphatic rings. The van der Waals surface area contributed by atoms with Gasteiger partial charge in [-0.1, -0.05) is 41.9 Å². The molecule has 19 heavy (non-hydrogen) atoms. The van der Waals surface area contributed by atoms with Gasteiger partial charge in [0, 0.05) is 9.50 Å². The standard InChI is InChI=1S/C14H11BrClNO2/c15-11-7-6-10(16)8-12(11)17-13(14(18)19)9-4-2-1-3-5-9/h1-8,13,17H,(H,18,19). The van der Waals surface area contributed by atoms with Crippen molar-refractivity contribution in [3.8, 4) is 0 Å². The van der Waals surface area contributed by atoms with E-state index in [9.17, 15) is 9.90 Å². The molecule has 1 unspecified atom stereocenters. The maximum atomic E-state index is 11.4. The number of hydrogen-bond donors (Lipinski definition) is 2. The summed E-state index contributed by atoms with van der Waals surface area (Å²) in [6.45, 7) is 0. The van der Waals surface area contributed by atoms with Crippen molar-refractivity contribution >= 4 is 39.2 Å². The Morgan fingerprint density at radius 2 is 1.89 bits per heavy atom. The number of hydrogen-bond acceptors (Lipinski definition) is 2. The molecule has 0 aliphatic carbocycles. The van der Waals surface area contributed by atoms with Crippen LogP contribution in [0.3, 0.4) is 0 Å². The third-order valence-electron chi connectivity index (χ3n) is 2.61. The average Bonchev–Trinajstić information content (AvgIpc) is 2.40. The molecule has 0 spiro atoms. The number of carbonyl (C=O) groups is 1. The lowest BCUT2D eigenvalue weighted by Crippen LogP contribution is -2.20. The molecule has 0 aliphatic heterocycles. The highest BCUT2D eigenvalue weighted by Gasteiger charge is 2.20. The summed E-state index contributed by atoms with van der Waals surface area (Å²) in [4.78, 5) is 11.4. The van der Waals surface area contributed by atoms with Crippen LogP contribution in [0.4, 0.5) is 5.69 Å². The Labute approximate surface area is 124 Å². The van der Waals surface area contributed by atoms with Crippen LogP contribution in [0, 0.1) is 0 Å². The number of aliphatic carboxylic acids is 1. The summed E-state index contributed by atoms with van der Waals surface area (Å²) < 4.78 is 0.763. The molecule has 3 nitrogen and oxygen atoms in total. The van der Waals surface area contributed by atoms with Crippen molar-refractivity contribution < 1.29 is 9.90 Å². The van der Waals surface area contributed by atoms with Crippen molar-refractivity contribution in [2.24, 2.45) is 0 Å². The van der Waals surface area contributed by atoms with Crippen molar-refractivity contribution in [2.45, 2.75) is 6.04 Å². The average molecular weight is 341 g/mol. The Morgan fingerprint density at radius 3 is 2.53 bits per heavy atom. The number of nitrogens with one attached hydrogen (secondary N) is 1. The Bertz CT molecular complexity index is 589. The van der Waals surface area contributed by atoms with Gasteiger partial charge in [-0.25, -0.2) is 4.79 Å². The van der Waals surface area contributed by atoms with Gasteiger partial charge in [0.05, 0.1) is 5.69 Å². The van der Waals surface area contributed by atoms with E-state index < -0.39 is 12.0 Å². The molecular weight excluding hydrogens is 330 g/mol. The minimum atomic E-state index is -0.946. The van der Waals surface area contributed by atoms with Gasteiger partial charge in [0.1, 0.15) is 0 Å². The smallest absolute Gasteiger partial charge is 0.330 e. The first-order valence-electron chi connectivity index (χ1n) is 5.57. The molecule has 98 valence electrons. The highest BCUT2D eigenvalue weighted by Crippen LogP contribution is 2.29. The van der Waals surface area contributed by atoms with Gasteiger partial charge >= 0.3 is 5.97 Å². The quantitative estimate of drug-likeness (QED) is 0.870. The molecule has 5 heteroatoms. The number of rotatable bonds is 4.